The highest BCUT2D eigenvalue weighted by Gasteiger charge is 2.11. The molecule has 0 saturated carbocycles. The molecular weight excluding hydrogens is 232 g/mol. The summed E-state index contributed by atoms with van der Waals surface area (Å²) >= 11 is 0. The topological polar surface area (TPSA) is 69.2 Å². The minimum atomic E-state index is 0.250. The second kappa shape index (κ2) is 6.98. The molecule has 1 N–H and O–H groups in total. The summed E-state index contributed by atoms with van der Waals surface area (Å²) in [4.78, 5) is 12.2. The maximum atomic E-state index is 5.00. The lowest BCUT2D eigenvalue weighted by molar-refractivity contribution is 0.340. The van der Waals surface area contributed by atoms with Crippen molar-refractivity contribution in [3.05, 3.63) is 0 Å². The summed E-state index contributed by atoms with van der Waals surface area (Å²) in [6, 6.07) is 0.789. The van der Waals surface area contributed by atoms with Crippen molar-refractivity contribution < 1.29 is 9.47 Å². The van der Waals surface area contributed by atoms with Gasteiger partial charge in [0.05, 0.1) is 14.2 Å². The van der Waals surface area contributed by atoms with Gasteiger partial charge in [0.2, 0.25) is 5.95 Å². The fourth-order valence-electron chi connectivity index (χ4n) is 1.63. The number of methoxy groups -OCH3 is 2. The number of ether oxygens (including phenoxy) is 2. The van der Waals surface area contributed by atoms with Gasteiger partial charge >= 0.3 is 12.0 Å². The first-order valence-corrected chi connectivity index (χ1v) is 6.19. The maximum Gasteiger partial charge on any atom is 0.324 e. The zero-order valence-corrected chi connectivity index (χ0v) is 11.7. The second-order valence-electron chi connectivity index (χ2n) is 4.43. The summed E-state index contributed by atoms with van der Waals surface area (Å²) < 4.78 is 10.00. The lowest BCUT2D eigenvalue weighted by atomic mass is 10.0. The molecule has 0 radical (unpaired) electrons. The van der Waals surface area contributed by atoms with Crippen LogP contribution < -0.4 is 14.8 Å². The van der Waals surface area contributed by atoms with E-state index in [0.717, 1.165) is 12.8 Å². The van der Waals surface area contributed by atoms with E-state index in [-0.39, 0.29) is 18.1 Å². The van der Waals surface area contributed by atoms with E-state index in [0.29, 0.717) is 11.9 Å². The van der Waals surface area contributed by atoms with Crippen LogP contribution in [0.5, 0.6) is 12.0 Å². The standard InChI is InChI=1S/C12H22N4O2/c1-6-8(2)7-9(3)13-10-14-11(17-4)16-12(15-10)18-5/h8-9H,6-7H2,1-5H3,(H,13,14,15,16). The van der Waals surface area contributed by atoms with Gasteiger partial charge in [0, 0.05) is 6.04 Å². The van der Waals surface area contributed by atoms with Gasteiger partial charge in [-0.05, 0) is 19.3 Å². The second-order valence-corrected chi connectivity index (χ2v) is 4.43. The lowest BCUT2D eigenvalue weighted by Gasteiger charge is -2.17. The zero-order valence-electron chi connectivity index (χ0n) is 11.7. The predicted octanol–water partition coefficient (Wildman–Crippen LogP) is 2.13. The third kappa shape index (κ3) is 4.35. The summed E-state index contributed by atoms with van der Waals surface area (Å²) in [5.41, 5.74) is 0. The Bertz CT molecular complexity index is 351. The molecule has 1 aromatic rings. The molecule has 6 heteroatoms. The van der Waals surface area contributed by atoms with Crippen molar-refractivity contribution in [2.75, 3.05) is 19.5 Å². The van der Waals surface area contributed by atoms with E-state index >= 15 is 0 Å². The molecule has 2 unspecified atom stereocenters. The van der Waals surface area contributed by atoms with E-state index in [1.54, 1.807) is 0 Å². The Morgan fingerprint density at radius 3 is 2.06 bits per heavy atom. The van der Waals surface area contributed by atoms with Crippen molar-refractivity contribution in [3.63, 3.8) is 0 Å². The largest absolute Gasteiger partial charge is 0.467 e. The van der Waals surface area contributed by atoms with E-state index in [4.69, 9.17) is 9.47 Å². The van der Waals surface area contributed by atoms with Gasteiger partial charge in [-0.1, -0.05) is 20.3 Å². The van der Waals surface area contributed by atoms with E-state index in [2.05, 4.69) is 41.0 Å². The van der Waals surface area contributed by atoms with Gasteiger partial charge < -0.3 is 14.8 Å². The molecule has 6 nitrogen and oxygen atoms in total. The highest BCUT2D eigenvalue weighted by molar-refractivity contribution is 5.28. The first kappa shape index (κ1) is 14.5. The number of hydrogen-bond acceptors (Lipinski definition) is 6. The van der Waals surface area contributed by atoms with Gasteiger partial charge in [-0.25, -0.2) is 0 Å². The van der Waals surface area contributed by atoms with E-state index < -0.39 is 0 Å². The van der Waals surface area contributed by atoms with Gasteiger partial charge in [-0.3, -0.25) is 0 Å². The Labute approximate surface area is 108 Å². The summed E-state index contributed by atoms with van der Waals surface area (Å²) in [7, 11) is 3.03. The van der Waals surface area contributed by atoms with Crippen molar-refractivity contribution in [1.82, 2.24) is 15.0 Å². The van der Waals surface area contributed by atoms with Crippen LogP contribution >= 0.6 is 0 Å². The van der Waals surface area contributed by atoms with E-state index in [9.17, 15) is 0 Å². The first-order chi connectivity index (χ1) is 8.58. The van der Waals surface area contributed by atoms with Crippen LogP contribution in [-0.4, -0.2) is 35.2 Å². The Hall–Kier alpha value is -1.59. The van der Waals surface area contributed by atoms with Crippen LogP contribution in [0.1, 0.15) is 33.6 Å². The molecule has 0 fully saturated rings. The molecule has 0 saturated heterocycles. The number of nitrogens with zero attached hydrogens (tertiary/aromatic N) is 3. The smallest absolute Gasteiger partial charge is 0.324 e. The SMILES string of the molecule is CCC(C)CC(C)Nc1nc(OC)nc(OC)n1. The van der Waals surface area contributed by atoms with Gasteiger partial charge in [0.15, 0.2) is 0 Å². The average molecular weight is 254 g/mol. The molecule has 0 aromatic carbocycles. The quantitative estimate of drug-likeness (QED) is 0.803. The molecule has 102 valence electrons. The van der Waals surface area contributed by atoms with Gasteiger partial charge in [-0.15, -0.1) is 4.98 Å². The summed E-state index contributed by atoms with van der Waals surface area (Å²) in [5, 5.41) is 3.23. The third-order valence-corrected chi connectivity index (χ3v) is 2.79. The normalized spacial score (nSPS) is 13.8. The molecule has 0 bridgehead atoms. The summed E-state index contributed by atoms with van der Waals surface area (Å²) in [5.74, 6) is 1.15. The molecule has 0 aliphatic rings. The van der Waals surface area contributed by atoms with Crippen molar-refractivity contribution in [3.8, 4) is 12.0 Å². The fraction of sp³-hybridized carbons (Fsp3) is 0.750. The molecule has 2 atom stereocenters. The van der Waals surface area contributed by atoms with Crippen LogP contribution in [0.4, 0.5) is 5.95 Å². The molecule has 0 spiro atoms. The molecule has 1 rings (SSSR count). The molecule has 0 amide bonds. The Kier molecular flexibility index (Phi) is 5.61. The van der Waals surface area contributed by atoms with Crippen molar-refractivity contribution in [2.24, 2.45) is 5.92 Å². The zero-order chi connectivity index (χ0) is 13.5. The molecule has 18 heavy (non-hydrogen) atoms. The Morgan fingerprint density at radius 2 is 1.61 bits per heavy atom. The monoisotopic (exact) mass is 254 g/mol. The van der Waals surface area contributed by atoms with Gasteiger partial charge in [0.1, 0.15) is 0 Å². The number of anilines is 1. The molecule has 1 aromatic heterocycles. The van der Waals surface area contributed by atoms with Crippen LogP contribution in [0.3, 0.4) is 0 Å². The highest BCUT2D eigenvalue weighted by atomic mass is 16.5. The molecular formula is C12H22N4O2. The number of aromatic nitrogens is 3. The number of nitrogens with one attached hydrogen (secondary N) is 1. The van der Waals surface area contributed by atoms with E-state index in [1.807, 2.05) is 0 Å². The minimum absolute atomic E-state index is 0.250. The van der Waals surface area contributed by atoms with Crippen molar-refractivity contribution >= 4 is 5.95 Å². The molecule has 0 aliphatic carbocycles. The predicted molar refractivity (Wildman–Crippen MR) is 70.1 cm³/mol. The van der Waals surface area contributed by atoms with Crippen molar-refractivity contribution in [2.45, 2.75) is 39.7 Å². The summed E-state index contributed by atoms with van der Waals surface area (Å²) in [6.07, 6.45) is 2.22. The van der Waals surface area contributed by atoms with Gasteiger partial charge in [0.25, 0.3) is 0 Å². The van der Waals surface area contributed by atoms with Crippen LogP contribution in [-0.2, 0) is 0 Å². The van der Waals surface area contributed by atoms with E-state index in [1.165, 1.54) is 14.2 Å². The first-order valence-electron chi connectivity index (χ1n) is 6.19. The Balaban J connectivity index is 2.70. The van der Waals surface area contributed by atoms with Crippen LogP contribution in [0.2, 0.25) is 0 Å². The Morgan fingerprint density at radius 1 is 1.06 bits per heavy atom. The molecule has 0 aliphatic heterocycles. The minimum Gasteiger partial charge on any atom is -0.467 e. The van der Waals surface area contributed by atoms with Gasteiger partial charge in [-0.2, -0.15) is 9.97 Å². The van der Waals surface area contributed by atoms with Crippen LogP contribution in [0.15, 0.2) is 0 Å². The number of hydrogen-bond donors (Lipinski definition) is 1. The van der Waals surface area contributed by atoms with Crippen LogP contribution in [0.25, 0.3) is 0 Å². The highest BCUT2D eigenvalue weighted by Crippen LogP contribution is 2.16. The number of rotatable bonds is 7. The third-order valence-electron chi connectivity index (χ3n) is 2.79. The summed E-state index contributed by atoms with van der Waals surface area (Å²) in [6.45, 7) is 6.52. The average Bonchev–Trinajstić information content (AvgIpc) is 2.37. The van der Waals surface area contributed by atoms with Crippen molar-refractivity contribution in [1.29, 1.82) is 0 Å². The van der Waals surface area contributed by atoms with Crippen LogP contribution in [0, 0.1) is 5.92 Å². The lowest BCUT2D eigenvalue weighted by Crippen LogP contribution is -2.20. The molecule has 1 heterocycles. The fourth-order valence-corrected chi connectivity index (χ4v) is 1.63. The maximum absolute atomic E-state index is 5.00.